The van der Waals surface area contributed by atoms with E-state index in [2.05, 4.69) is 4.98 Å². The molecule has 0 spiro atoms. The van der Waals surface area contributed by atoms with E-state index in [1.165, 1.54) is 16.2 Å². The zero-order valence-corrected chi connectivity index (χ0v) is 13.6. The summed E-state index contributed by atoms with van der Waals surface area (Å²) < 4.78 is 10.8. The number of carboxylic acid groups (broad SMARTS) is 1. The second-order valence-corrected chi connectivity index (χ2v) is 5.96. The SMILES string of the molecule is O=C(O)[C@H]1CN(C(=O)c2cccc(OCc3cscn3)c2)CCO1. The summed E-state index contributed by atoms with van der Waals surface area (Å²) >= 11 is 1.49. The van der Waals surface area contributed by atoms with E-state index in [9.17, 15) is 9.59 Å². The molecule has 1 aliphatic rings. The minimum atomic E-state index is -1.06. The van der Waals surface area contributed by atoms with Gasteiger partial charge in [0.1, 0.15) is 12.4 Å². The fourth-order valence-corrected chi connectivity index (χ4v) is 2.89. The van der Waals surface area contributed by atoms with Gasteiger partial charge in [-0.1, -0.05) is 6.07 Å². The number of aromatic nitrogens is 1. The maximum Gasteiger partial charge on any atom is 0.334 e. The van der Waals surface area contributed by atoms with E-state index in [-0.39, 0.29) is 19.1 Å². The lowest BCUT2D eigenvalue weighted by Crippen LogP contribution is -2.48. The molecule has 3 rings (SSSR count). The van der Waals surface area contributed by atoms with Gasteiger partial charge in [-0.05, 0) is 18.2 Å². The third-order valence-electron chi connectivity index (χ3n) is 3.58. The molecule has 2 aromatic rings. The van der Waals surface area contributed by atoms with Crippen LogP contribution in [0.5, 0.6) is 5.75 Å². The van der Waals surface area contributed by atoms with Crippen molar-refractivity contribution in [2.45, 2.75) is 12.7 Å². The van der Waals surface area contributed by atoms with Crippen LogP contribution in [0.15, 0.2) is 35.2 Å². The fourth-order valence-electron chi connectivity index (χ4n) is 2.35. The number of nitrogens with zero attached hydrogens (tertiary/aromatic N) is 2. The Hall–Kier alpha value is -2.45. The average molecular weight is 348 g/mol. The Labute approximate surface area is 142 Å². The van der Waals surface area contributed by atoms with Gasteiger partial charge in [-0.2, -0.15) is 0 Å². The lowest BCUT2D eigenvalue weighted by molar-refractivity contribution is -0.154. The number of hydrogen-bond donors (Lipinski definition) is 1. The first-order valence-corrected chi connectivity index (χ1v) is 8.31. The number of carbonyl (C=O) groups excluding carboxylic acids is 1. The van der Waals surface area contributed by atoms with E-state index >= 15 is 0 Å². The van der Waals surface area contributed by atoms with Crippen molar-refractivity contribution in [2.24, 2.45) is 0 Å². The van der Waals surface area contributed by atoms with Crippen LogP contribution in [0.25, 0.3) is 0 Å². The molecule has 0 saturated carbocycles. The van der Waals surface area contributed by atoms with Crippen molar-refractivity contribution < 1.29 is 24.2 Å². The second kappa shape index (κ2) is 7.41. The van der Waals surface area contributed by atoms with E-state index in [1.54, 1.807) is 29.8 Å². The summed E-state index contributed by atoms with van der Waals surface area (Å²) in [7, 11) is 0. The monoisotopic (exact) mass is 348 g/mol. The van der Waals surface area contributed by atoms with Gasteiger partial charge < -0.3 is 19.5 Å². The van der Waals surface area contributed by atoms with Crippen molar-refractivity contribution >= 4 is 23.2 Å². The van der Waals surface area contributed by atoms with Crippen LogP contribution in [0.1, 0.15) is 16.1 Å². The van der Waals surface area contributed by atoms with Gasteiger partial charge in [0, 0.05) is 17.5 Å². The molecule has 0 bridgehead atoms. The number of rotatable bonds is 5. The Morgan fingerprint density at radius 2 is 2.33 bits per heavy atom. The van der Waals surface area contributed by atoms with Gasteiger partial charge in [0.2, 0.25) is 0 Å². The highest BCUT2D eigenvalue weighted by atomic mass is 32.1. The molecule has 0 radical (unpaired) electrons. The third-order valence-corrected chi connectivity index (χ3v) is 4.22. The van der Waals surface area contributed by atoms with Crippen LogP contribution in [-0.2, 0) is 16.1 Å². The first-order chi connectivity index (χ1) is 11.6. The molecule has 1 atom stereocenters. The van der Waals surface area contributed by atoms with Crippen LogP contribution in [0.2, 0.25) is 0 Å². The van der Waals surface area contributed by atoms with Crippen LogP contribution in [0.3, 0.4) is 0 Å². The van der Waals surface area contributed by atoms with E-state index in [0.717, 1.165) is 5.69 Å². The summed E-state index contributed by atoms with van der Waals surface area (Å²) in [6.07, 6.45) is -0.980. The second-order valence-electron chi connectivity index (χ2n) is 5.25. The zero-order chi connectivity index (χ0) is 16.9. The summed E-state index contributed by atoms with van der Waals surface area (Å²) in [5.74, 6) is -0.728. The number of benzene rings is 1. The predicted molar refractivity (Wildman–Crippen MR) is 86.2 cm³/mol. The molecule has 1 fully saturated rings. The van der Waals surface area contributed by atoms with Crippen molar-refractivity contribution in [1.29, 1.82) is 0 Å². The highest BCUT2D eigenvalue weighted by Gasteiger charge is 2.29. The fraction of sp³-hybridized carbons (Fsp3) is 0.312. The standard InChI is InChI=1S/C16H16N2O5S/c19-15(18-4-5-22-14(7-18)16(20)21)11-2-1-3-13(6-11)23-8-12-9-24-10-17-12/h1-3,6,9-10,14H,4-5,7-8H2,(H,20,21)/t14-/m1/s1. The molecule has 7 nitrogen and oxygen atoms in total. The largest absolute Gasteiger partial charge is 0.487 e. The maximum atomic E-state index is 12.6. The smallest absolute Gasteiger partial charge is 0.334 e. The van der Waals surface area contributed by atoms with Crippen molar-refractivity contribution in [3.8, 4) is 5.75 Å². The quantitative estimate of drug-likeness (QED) is 0.884. The molecule has 1 N–H and O–H groups in total. The Morgan fingerprint density at radius 1 is 1.46 bits per heavy atom. The lowest BCUT2D eigenvalue weighted by atomic mass is 10.1. The van der Waals surface area contributed by atoms with Gasteiger partial charge >= 0.3 is 5.97 Å². The maximum absolute atomic E-state index is 12.6. The molecule has 1 aliphatic heterocycles. The van der Waals surface area contributed by atoms with E-state index in [1.807, 2.05) is 5.38 Å². The highest BCUT2D eigenvalue weighted by Crippen LogP contribution is 2.18. The molecule has 2 heterocycles. The number of carbonyl (C=O) groups is 2. The number of aliphatic carboxylic acids is 1. The molecule has 1 saturated heterocycles. The summed E-state index contributed by atoms with van der Waals surface area (Å²) in [4.78, 5) is 29.2. The van der Waals surface area contributed by atoms with Crippen molar-refractivity contribution in [3.63, 3.8) is 0 Å². The van der Waals surface area contributed by atoms with Gasteiger partial charge in [0.05, 0.1) is 24.4 Å². The third kappa shape index (κ3) is 3.90. The van der Waals surface area contributed by atoms with Gasteiger partial charge in [-0.25, -0.2) is 9.78 Å². The Kier molecular flexibility index (Phi) is 5.07. The van der Waals surface area contributed by atoms with Crippen LogP contribution in [0.4, 0.5) is 0 Å². The van der Waals surface area contributed by atoms with E-state index in [0.29, 0.717) is 24.5 Å². The molecule has 1 amide bonds. The van der Waals surface area contributed by atoms with Crippen molar-refractivity contribution in [2.75, 3.05) is 19.7 Å². The van der Waals surface area contributed by atoms with Crippen LogP contribution >= 0.6 is 11.3 Å². The molecule has 1 aromatic heterocycles. The molecule has 8 heteroatoms. The number of carboxylic acids is 1. The Bertz CT molecular complexity index is 719. The van der Waals surface area contributed by atoms with Crippen LogP contribution in [0, 0.1) is 0 Å². The van der Waals surface area contributed by atoms with Crippen molar-refractivity contribution in [3.05, 3.63) is 46.4 Å². The molecule has 0 aliphatic carbocycles. The van der Waals surface area contributed by atoms with Gasteiger partial charge in [0.25, 0.3) is 5.91 Å². The average Bonchev–Trinajstić information content (AvgIpc) is 3.13. The van der Waals surface area contributed by atoms with Gasteiger partial charge in [0.15, 0.2) is 6.10 Å². The Morgan fingerprint density at radius 3 is 3.08 bits per heavy atom. The first-order valence-electron chi connectivity index (χ1n) is 7.37. The molecular weight excluding hydrogens is 332 g/mol. The predicted octanol–water partition coefficient (Wildman–Crippen LogP) is 1.65. The number of ether oxygens (including phenoxy) is 2. The molecular formula is C16H16N2O5S. The summed E-state index contributed by atoms with van der Waals surface area (Å²) in [5, 5.41) is 10.9. The van der Waals surface area contributed by atoms with E-state index < -0.39 is 12.1 Å². The minimum absolute atomic E-state index is 0.0398. The first kappa shape index (κ1) is 16.4. The normalized spacial score (nSPS) is 17.5. The number of hydrogen-bond acceptors (Lipinski definition) is 6. The molecule has 1 aromatic carbocycles. The summed E-state index contributed by atoms with van der Waals surface area (Å²) in [6.45, 7) is 0.951. The summed E-state index contributed by atoms with van der Waals surface area (Å²) in [6, 6.07) is 6.84. The van der Waals surface area contributed by atoms with Crippen LogP contribution in [-0.4, -0.2) is 52.7 Å². The highest BCUT2D eigenvalue weighted by molar-refractivity contribution is 7.07. The topological polar surface area (TPSA) is 89.0 Å². The molecule has 126 valence electrons. The van der Waals surface area contributed by atoms with Crippen molar-refractivity contribution in [1.82, 2.24) is 9.88 Å². The number of thiazole rings is 1. The van der Waals surface area contributed by atoms with E-state index in [4.69, 9.17) is 14.6 Å². The van der Waals surface area contributed by atoms with Gasteiger partial charge in [-0.15, -0.1) is 11.3 Å². The minimum Gasteiger partial charge on any atom is -0.487 e. The molecule has 24 heavy (non-hydrogen) atoms. The van der Waals surface area contributed by atoms with Gasteiger partial charge in [-0.3, -0.25) is 4.79 Å². The van der Waals surface area contributed by atoms with Crippen LogP contribution < -0.4 is 4.74 Å². The number of morpholine rings is 1. The zero-order valence-electron chi connectivity index (χ0n) is 12.8. The lowest BCUT2D eigenvalue weighted by Gasteiger charge is -2.31. The molecule has 0 unspecified atom stereocenters. The number of amides is 1. The summed E-state index contributed by atoms with van der Waals surface area (Å²) in [5.41, 5.74) is 3.02. The Balaban J connectivity index is 1.66.